The smallest absolute Gasteiger partial charge is 0.160 e. The Morgan fingerprint density at radius 2 is 1.75 bits per heavy atom. The van der Waals surface area contributed by atoms with E-state index in [0.717, 1.165) is 28.4 Å². The molecule has 0 saturated heterocycles. The zero-order valence-corrected chi connectivity index (χ0v) is 14.0. The van der Waals surface area contributed by atoms with E-state index in [1.165, 1.54) is 0 Å². The molecular formula is C19H20N4O. The van der Waals surface area contributed by atoms with Gasteiger partial charge < -0.3 is 9.64 Å². The highest BCUT2D eigenvalue weighted by molar-refractivity contribution is 5.80. The van der Waals surface area contributed by atoms with Gasteiger partial charge in [-0.25, -0.2) is 9.66 Å². The van der Waals surface area contributed by atoms with E-state index in [0.29, 0.717) is 0 Å². The number of anilines is 1. The summed E-state index contributed by atoms with van der Waals surface area (Å²) in [6.07, 6.45) is 5.41. The molecule has 24 heavy (non-hydrogen) atoms. The molecule has 0 unspecified atom stereocenters. The first-order valence-corrected chi connectivity index (χ1v) is 7.67. The number of rotatable bonds is 5. The van der Waals surface area contributed by atoms with Crippen LogP contribution in [-0.4, -0.2) is 37.1 Å². The molecule has 0 aliphatic carbocycles. The summed E-state index contributed by atoms with van der Waals surface area (Å²) in [5, 5.41) is 4.51. The lowest BCUT2D eigenvalue weighted by Gasteiger charge is -2.11. The maximum Gasteiger partial charge on any atom is 0.160 e. The fraction of sp³-hybridized carbons (Fsp3) is 0.158. The SMILES string of the molecule is COc1ccc(-c2nccn2N=Cc2ccc(N(C)C)cc2)cc1. The first kappa shape index (κ1) is 15.8. The van der Waals surface area contributed by atoms with Gasteiger partial charge in [-0.15, -0.1) is 0 Å². The van der Waals surface area contributed by atoms with Crippen LogP contribution in [0.15, 0.2) is 66.0 Å². The van der Waals surface area contributed by atoms with Crippen LogP contribution in [0, 0.1) is 0 Å². The molecule has 0 amide bonds. The maximum atomic E-state index is 5.19. The van der Waals surface area contributed by atoms with Gasteiger partial charge in [0.2, 0.25) is 0 Å². The van der Waals surface area contributed by atoms with E-state index in [1.807, 2.05) is 62.9 Å². The van der Waals surface area contributed by atoms with E-state index in [2.05, 4.69) is 27.1 Å². The van der Waals surface area contributed by atoms with E-state index < -0.39 is 0 Å². The van der Waals surface area contributed by atoms with Crippen molar-refractivity contribution in [2.24, 2.45) is 5.10 Å². The van der Waals surface area contributed by atoms with Gasteiger partial charge in [-0.2, -0.15) is 5.10 Å². The second-order valence-electron chi connectivity index (χ2n) is 5.55. The van der Waals surface area contributed by atoms with E-state index in [1.54, 1.807) is 18.0 Å². The molecule has 0 fully saturated rings. The summed E-state index contributed by atoms with van der Waals surface area (Å²) in [7, 11) is 5.70. The summed E-state index contributed by atoms with van der Waals surface area (Å²) >= 11 is 0. The summed E-state index contributed by atoms with van der Waals surface area (Å²) < 4.78 is 6.95. The predicted octanol–water partition coefficient (Wildman–Crippen LogP) is 3.51. The van der Waals surface area contributed by atoms with Crippen molar-refractivity contribution in [2.45, 2.75) is 0 Å². The number of ether oxygens (including phenoxy) is 1. The summed E-state index contributed by atoms with van der Waals surface area (Å²) in [6.45, 7) is 0. The quantitative estimate of drug-likeness (QED) is 0.676. The van der Waals surface area contributed by atoms with Crippen LogP contribution in [0.5, 0.6) is 5.75 Å². The van der Waals surface area contributed by atoms with Gasteiger partial charge in [0.05, 0.1) is 13.3 Å². The van der Waals surface area contributed by atoms with Crippen molar-refractivity contribution in [1.29, 1.82) is 0 Å². The van der Waals surface area contributed by atoms with E-state index in [9.17, 15) is 0 Å². The Kier molecular flexibility index (Phi) is 4.61. The third-order valence-corrected chi connectivity index (χ3v) is 3.71. The van der Waals surface area contributed by atoms with Gasteiger partial charge in [-0.05, 0) is 42.0 Å². The Morgan fingerprint density at radius 3 is 2.38 bits per heavy atom. The zero-order chi connectivity index (χ0) is 16.9. The molecule has 0 radical (unpaired) electrons. The summed E-state index contributed by atoms with van der Waals surface area (Å²) in [5.41, 5.74) is 3.18. The Balaban J connectivity index is 1.82. The Bertz CT molecular complexity index is 817. The van der Waals surface area contributed by atoms with Crippen molar-refractivity contribution >= 4 is 11.9 Å². The van der Waals surface area contributed by atoms with Gasteiger partial charge in [-0.1, -0.05) is 12.1 Å². The van der Waals surface area contributed by atoms with E-state index in [-0.39, 0.29) is 0 Å². The lowest BCUT2D eigenvalue weighted by molar-refractivity contribution is 0.415. The highest BCUT2D eigenvalue weighted by atomic mass is 16.5. The summed E-state index contributed by atoms with van der Waals surface area (Å²) in [4.78, 5) is 6.46. The van der Waals surface area contributed by atoms with Crippen molar-refractivity contribution in [3.63, 3.8) is 0 Å². The van der Waals surface area contributed by atoms with Crippen molar-refractivity contribution in [2.75, 3.05) is 26.1 Å². The number of imidazole rings is 1. The molecule has 3 rings (SSSR count). The lowest BCUT2D eigenvalue weighted by atomic mass is 10.2. The normalized spacial score (nSPS) is 11.0. The van der Waals surface area contributed by atoms with Gasteiger partial charge in [0.1, 0.15) is 5.75 Å². The second-order valence-corrected chi connectivity index (χ2v) is 5.55. The summed E-state index contributed by atoms with van der Waals surface area (Å²) in [6, 6.07) is 16.0. The van der Waals surface area contributed by atoms with Crippen LogP contribution in [0.2, 0.25) is 0 Å². The Labute approximate surface area is 141 Å². The largest absolute Gasteiger partial charge is 0.497 e. The van der Waals surface area contributed by atoms with Crippen molar-refractivity contribution in [3.05, 3.63) is 66.5 Å². The molecule has 0 aliphatic rings. The van der Waals surface area contributed by atoms with Crippen LogP contribution in [0.1, 0.15) is 5.56 Å². The molecule has 0 bridgehead atoms. The number of nitrogens with zero attached hydrogens (tertiary/aromatic N) is 4. The predicted molar refractivity (Wildman–Crippen MR) is 98.0 cm³/mol. The molecule has 5 heteroatoms. The zero-order valence-electron chi connectivity index (χ0n) is 14.0. The van der Waals surface area contributed by atoms with E-state index in [4.69, 9.17) is 4.74 Å². The molecule has 0 atom stereocenters. The molecule has 0 aliphatic heterocycles. The van der Waals surface area contributed by atoms with Crippen molar-refractivity contribution < 1.29 is 4.74 Å². The van der Waals surface area contributed by atoms with Crippen LogP contribution in [-0.2, 0) is 0 Å². The molecule has 122 valence electrons. The molecule has 5 nitrogen and oxygen atoms in total. The van der Waals surface area contributed by atoms with Crippen LogP contribution in [0.3, 0.4) is 0 Å². The van der Waals surface area contributed by atoms with Crippen LogP contribution in [0.25, 0.3) is 11.4 Å². The highest BCUT2D eigenvalue weighted by Crippen LogP contribution is 2.21. The van der Waals surface area contributed by atoms with E-state index >= 15 is 0 Å². The van der Waals surface area contributed by atoms with Crippen molar-refractivity contribution in [3.8, 4) is 17.1 Å². The molecule has 0 spiro atoms. The second kappa shape index (κ2) is 7.00. The number of hydrogen-bond donors (Lipinski definition) is 0. The van der Waals surface area contributed by atoms with Gasteiger partial charge in [-0.3, -0.25) is 0 Å². The van der Waals surface area contributed by atoms with Gasteiger partial charge in [0.25, 0.3) is 0 Å². The minimum absolute atomic E-state index is 0.791. The van der Waals surface area contributed by atoms with Gasteiger partial charge in [0.15, 0.2) is 5.82 Å². The number of aromatic nitrogens is 2. The Morgan fingerprint density at radius 1 is 1.04 bits per heavy atom. The maximum absolute atomic E-state index is 5.19. The Hall–Kier alpha value is -3.08. The fourth-order valence-corrected chi connectivity index (χ4v) is 2.32. The van der Waals surface area contributed by atoms with Crippen LogP contribution < -0.4 is 9.64 Å². The topological polar surface area (TPSA) is 42.6 Å². The van der Waals surface area contributed by atoms with Gasteiger partial charge >= 0.3 is 0 Å². The average Bonchev–Trinajstić information content (AvgIpc) is 3.09. The molecule has 1 aromatic heterocycles. The number of benzene rings is 2. The monoisotopic (exact) mass is 320 g/mol. The molecule has 0 saturated carbocycles. The third-order valence-electron chi connectivity index (χ3n) is 3.71. The molecule has 2 aromatic carbocycles. The molecular weight excluding hydrogens is 300 g/mol. The van der Waals surface area contributed by atoms with Crippen LogP contribution in [0.4, 0.5) is 5.69 Å². The van der Waals surface area contributed by atoms with Gasteiger partial charge in [0, 0.05) is 37.7 Å². The number of methoxy groups -OCH3 is 1. The lowest BCUT2D eigenvalue weighted by Crippen LogP contribution is -2.08. The minimum atomic E-state index is 0.791. The molecule has 0 N–H and O–H groups in total. The van der Waals surface area contributed by atoms with Crippen molar-refractivity contribution in [1.82, 2.24) is 9.66 Å². The molecule has 3 aromatic rings. The van der Waals surface area contributed by atoms with Crippen LogP contribution >= 0.6 is 0 Å². The molecule has 1 heterocycles. The third kappa shape index (κ3) is 3.46. The standard InChI is InChI=1S/C19H20N4O/c1-22(2)17-8-4-15(5-9-17)14-21-23-13-12-20-19(23)16-6-10-18(24-3)11-7-16/h4-14H,1-3H3. The highest BCUT2D eigenvalue weighted by Gasteiger charge is 2.05. The number of hydrogen-bond acceptors (Lipinski definition) is 4. The average molecular weight is 320 g/mol. The summed E-state index contributed by atoms with van der Waals surface area (Å²) in [5.74, 6) is 1.61. The first-order chi connectivity index (χ1) is 11.7. The minimum Gasteiger partial charge on any atom is -0.497 e. The fourth-order valence-electron chi connectivity index (χ4n) is 2.32. The first-order valence-electron chi connectivity index (χ1n) is 7.67.